The molecule has 2 aromatic heterocycles. The van der Waals surface area contributed by atoms with E-state index in [4.69, 9.17) is 5.11 Å². The Kier molecular flexibility index (Phi) is 3.13. The maximum atomic E-state index is 11.7. The highest BCUT2D eigenvalue weighted by atomic mass is 16.4. The number of aromatic carboxylic acids is 1. The molecule has 0 aromatic carbocycles. The Balaban J connectivity index is 2.09. The number of nitrogens with zero attached hydrogens (tertiary/aromatic N) is 1. The third-order valence-electron chi connectivity index (χ3n) is 2.35. The van der Waals surface area contributed by atoms with E-state index in [9.17, 15) is 9.59 Å². The number of carbonyl (C=O) groups is 2. The van der Waals surface area contributed by atoms with Gasteiger partial charge in [-0.3, -0.25) is 9.89 Å². The largest absolute Gasteiger partial charge is 0.477 e. The van der Waals surface area contributed by atoms with E-state index in [-0.39, 0.29) is 23.7 Å². The van der Waals surface area contributed by atoms with Crippen molar-refractivity contribution in [1.82, 2.24) is 15.2 Å². The molecule has 0 aliphatic rings. The molecule has 7 heteroatoms. The number of carbonyl (C=O) groups excluding carboxylic acids is 1. The van der Waals surface area contributed by atoms with Crippen LogP contribution in [-0.2, 0) is 11.2 Å². The molecule has 4 N–H and O–H groups in total. The van der Waals surface area contributed by atoms with Crippen molar-refractivity contribution in [2.45, 2.75) is 13.3 Å². The first-order chi connectivity index (χ1) is 8.56. The van der Waals surface area contributed by atoms with Gasteiger partial charge in [0.25, 0.3) is 0 Å². The summed E-state index contributed by atoms with van der Waals surface area (Å²) in [7, 11) is 0. The van der Waals surface area contributed by atoms with Gasteiger partial charge < -0.3 is 15.4 Å². The molecule has 0 spiro atoms. The molecule has 2 aromatic rings. The summed E-state index contributed by atoms with van der Waals surface area (Å²) in [6.07, 6.45) is 1.66. The molecule has 0 radical (unpaired) electrons. The quantitative estimate of drug-likeness (QED) is 0.644. The van der Waals surface area contributed by atoms with Gasteiger partial charge in [-0.25, -0.2) is 4.79 Å². The predicted octanol–water partition coefficient (Wildman–Crippen LogP) is 0.926. The number of carboxylic acid groups (broad SMARTS) is 1. The SMILES string of the molecule is Cc1cc(NC(=O)Cc2ccn[nH]2)c(C(=O)O)[nH]1. The Labute approximate surface area is 102 Å². The monoisotopic (exact) mass is 248 g/mol. The van der Waals surface area contributed by atoms with Gasteiger partial charge in [0, 0.05) is 17.6 Å². The van der Waals surface area contributed by atoms with Crippen LogP contribution in [0.5, 0.6) is 0 Å². The first-order valence-corrected chi connectivity index (χ1v) is 5.27. The van der Waals surface area contributed by atoms with Gasteiger partial charge in [-0.15, -0.1) is 0 Å². The van der Waals surface area contributed by atoms with Gasteiger partial charge >= 0.3 is 5.97 Å². The average Bonchev–Trinajstić information content (AvgIpc) is 2.88. The molecule has 0 bridgehead atoms. The number of rotatable bonds is 4. The lowest BCUT2D eigenvalue weighted by molar-refractivity contribution is -0.115. The molecule has 94 valence electrons. The van der Waals surface area contributed by atoms with Crippen LogP contribution in [0.25, 0.3) is 0 Å². The Hall–Kier alpha value is -2.57. The van der Waals surface area contributed by atoms with Crippen LogP contribution in [0.4, 0.5) is 5.69 Å². The second kappa shape index (κ2) is 4.74. The number of aryl methyl sites for hydroxylation is 1. The molecule has 0 aliphatic heterocycles. The zero-order chi connectivity index (χ0) is 13.1. The van der Waals surface area contributed by atoms with Crippen LogP contribution in [0.15, 0.2) is 18.3 Å². The summed E-state index contributed by atoms with van der Waals surface area (Å²) in [5, 5.41) is 17.9. The Morgan fingerprint density at radius 1 is 1.50 bits per heavy atom. The van der Waals surface area contributed by atoms with E-state index >= 15 is 0 Å². The summed E-state index contributed by atoms with van der Waals surface area (Å²) in [5.41, 5.74) is 1.58. The van der Waals surface area contributed by atoms with Crippen molar-refractivity contribution >= 4 is 17.6 Å². The minimum Gasteiger partial charge on any atom is -0.477 e. The number of anilines is 1. The summed E-state index contributed by atoms with van der Waals surface area (Å²) in [6, 6.07) is 3.26. The molecule has 0 fully saturated rings. The molecule has 18 heavy (non-hydrogen) atoms. The molecular formula is C11H12N4O3. The highest BCUT2D eigenvalue weighted by Gasteiger charge is 2.15. The van der Waals surface area contributed by atoms with E-state index in [1.54, 1.807) is 25.3 Å². The molecule has 1 amide bonds. The Bertz CT molecular complexity index is 571. The maximum Gasteiger partial charge on any atom is 0.354 e. The van der Waals surface area contributed by atoms with E-state index < -0.39 is 5.97 Å². The van der Waals surface area contributed by atoms with Crippen molar-refractivity contribution in [2.24, 2.45) is 0 Å². The first kappa shape index (κ1) is 11.9. The maximum absolute atomic E-state index is 11.7. The van der Waals surface area contributed by atoms with Crippen LogP contribution >= 0.6 is 0 Å². The van der Waals surface area contributed by atoms with Crippen LogP contribution in [0.1, 0.15) is 21.9 Å². The van der Waals surface area contributed by atoms with Crippen molar-refractivity contribution in [3.05, 3.63) is 35.4 Å². The van der Waals surface area contributed by atoms with Gasteiger partial charge in [0.1, 0.15) is 5.69 Å². The number of hydrogen-bond acceptors (Lipinski definition) is 3. The van der Waals surface area contributed by atoms with Crippen molar-refractivity contribution in [3.8, 4) is 0 Å². The standard InChI is InChI=1S/C11H12N4O3/c1-6-4-8(10(13-6)11(17)18)14-9(16)5-7-2-3-12-15-7/h2-4,13H,5H2,1H3,(H,12,15)(H,14,16)(H,17,18). The third-order valence-corrected chi connectivity index (χ3v) is 2.35. The molecule has 0 saturated carbocycles. The molecule has 0 aliphatic carbocycles. The van der Waals surface area contributed by atoms with Crippen molar-refractivity contribution in [2.75, 3.05) is 5.32 Å². The topological polar surface area (TPSA) is 111 Å². The van der Waals surface area contributed by atoms with Gasteiger partial charge in [0.2, 0.25) is 5.91 Å². The number of amides is 1. The van der Waals surface area contributed by atoms with Crippen LogP contribution in [0.3, 0.4) is 0 Å². The molecule has 2 heterocycles. The summed E-state index contributed by atoms with van der Waals surface area (Å²) in [4.78, 5) is 25.3. The van der Waals surface area contributed by atoms with Crippen molar-refractivity contribution in [1.29, 1.82) is 0 Å². The highest BCUT2D eigenvalue weighted by molar-refractivity contribution is 6.00. The van der Waals surface area contributed by atoms with Crippen LogP contribution < -0.4 is 5.32 Å². The number of aromatic nitrogens is 3. The zero-order valence-electron chi connectivity index (χ0n) is 9.65. The second-order valence-corrected chi connectivity index (χ2v) is 3.85. The summed E-state index contributed by atoms with van der Waals surface area (Å²) >= 11 is 0. The van der Waals surface area contributed by atoms with E-state index in [1.807, 2.05) is 0 Å². The lowest BCUT2D eigenvalue weighted by atomic mass is 10.3. The summed E-state index contributed by atoms with van der Waals surface area (Å²) < 4.78 is 0. The summed E-state index contributed by atoms with van der Waals surface area (Å²) in [6.45, 7) is 1.72. The highest BCUT2D eigenvalue weighted by Crippen LogP contribution is 2.17. The number of carboxylic acids is 1. The number of H-pyrrole nitrogens is 2. The normalized spacial score (nSPS) is 10.3. The minimum absolute atomic E-state index is 0.0227. The minimum atomic E-state index is -1.11. The smallest absolute Gasteiger partial charge is 0.354 e. The molecule has 2 rings (SSSR count). The second-order valence-electron chi connectivity index (χ2n) is 3.85. The zero-order valence-corrected chi connectivity index (χ0v) is 9.65. The van der Waals surface area contributed by atoms with Crippen LogP contribution in [0.2, 0.25) is 0 Å². The molecular weight excluding hydrogens is 236 g/mol. The fourth-order valence-corrected chi connectivity index (χ4v) is 1.61. The number of nitrogens with one attached hydrogen (secondary N) is 3. The predicted molar refractivity (Wildman–Crippen MR) is 63.4 cm³/mol. The fourth-order valence-electron chi connectivity index (χ4n) is 1.61. The third kappa shape index (κ3) is 2.57. The van der Waals surface area contributed by atoms with Gasteiger partial charge in [-0.05, 0) is 19.1 Å². The average molecular weight is 248 g/mol. The van der Waals surface area contributed by atoms with E-state index in [0.29, 0.717) is 11.4 Å². The number of aromatic amines is 2. The summed E-state index contributed by atoms with van der Waals surface area (Å²) in [5.74, 6) is -1.42. The van der Waals surface area contributed by atoms with E-state index in [2.05, 4.69) is 20.5 Å². The lowest BCUT2D eigenvalue weighted by Crippen LogP contribution is -2.16. The lowest BCUT2D eigenvalue weighted by Gasteiger charge is -2.02. The van der Waals surface area contributed by atoms with Crippen LogP contribution in [-0.4, -0.2) is 32.2 Å². The molecule has 0 unspecified atom stereocenters. The van der Waals surface area contributed by atoms with Gasteiger partial charge in [-0.1, -0.05) is 0 Å². The van der Waals surface area contributed by atoms with E-state index in [0.717, 1.165) is 0 Å². The van der Waals surface area contributed by atoms with Gasteiger partial charge in [0.05, 0.1) is 12.1 Å². The van der Waals surface area contributed by atoms with Gasteiger partial charge in [0.15, 0.2) is 0 Å². The van der Waals surface area contributed by atoms with Crippen molar-refractivity contribution < 1.29 is 14.7 Å². The first-order valence-electron chi connectivity index (χ1n) is 5.27. The molecule has 7 nitrogen and oxygen atoms in total. The van der Waals surface area contributed by atoms with Crippen LogP contribution in [0, 0.1) is 6.92 Å². The molecule has 0 saturated heterocycles. The van der Waals surface area contributed by atoms with Gasteiger partial charge in [-0.2, -0.15) is 5.10 Å². The number of hydrogen-bond donors (Lipinski definition) is 4. The Morgan fingerprint density at radius 3 is 2.89 bits per heavy atom. The molecule has 0 atom stereocenters. The van der Waals surface area contributed by atoms with E-state index in [1.165, 1.54) is 0 Å². The fraction of sp³-hybridized carbons (Fsp3) is 0.182. The van der Waals surface area contributed by atoms with Crippen molar-refractivity contribution in [3.63, 3.8) is 0 Å². The Morgan fingerprint density at radius 2 is 2.28 bits per heavy atom.